The number of carbonyl (C=O) groups excluding carboxylic acids is 2. The molecule has 2 fully saturated rings. The van der Waals surface area contributed by atoms with E-state index in [1.54, 1.807) is 7.05 Å². The second-order valence-corrected chi connectivity index (χ2v) is 6.94. The molecular weight excluding hydrogens is 320 g/mol. The monoisotopic (exact) mass is 352 g/mol. The maximum atomic E-state index is 12.4. The molecule has 0 aromatic rings. The van der Waals surface area contributed by atoms with E-state index in [0.29, 0.717) is 19.0 Å². The van der Waals surface area contributed by atoms with E-state index in [9.17, 15) is 9.59 Å². The number of methoxy groups -OCH3 is 1. The number of ether oxygens (including phenoxy) is 1. The highest BCUT2D eigenvalue weighted by molar-refractivity contribution is 5.82. The van der Waals surface area contributed by atoms with E-state index in [1.807, 2.05) is 4.90 Å². The molecule has 25 heavy (non-hydrogen) atoms. The van der Waals surface area contributed by atoms with E-state index in [2.05, 4.69) is 22.1 Å². The van der Waals surface area contributed by atoms with Crippen molar-refractivity contribution >= 4 is 17.8 Å². The molecule has 142 valence electrons. The van der Waals surface area contributed by atoms with Gasteiger partial charge in [-0.25, -0.2) is 0 Å². The van der Waals surface area contributed by atoms with E-state index in [1.165, 1.54) is 13.5 Å². The molecule has 2 saturated heterocycles. The molecule has 7 heteroatoms. The van der Waals surface area contributed by atoms with Crippen molar-refractivity contribution in [1.82, 2.24) is 15.1 Å². The highest BCUT2D eigenvalue weighted by Gasteiger charge is 2.27. The van der Waals surface area contributed by atoms with Crippen LogP contribution < -0.4 is 5.32 Å². The summed E-state index contributed by atoms with van der Waals surface area (Å²) in [6, 6.07) is 0.359. The van der Waals surface area contributed by atoms with Gasteiger partial charge in [0.25, 0.3) is 0 Å². The first-order valence-electron chi connectivity index (χ1n) is 9.39. The number of carbonyl (C=O) groups is 2. The number of aliphatic imine (C=N–C) groups is 1. The lowest BCUT2D eigenvalue weighted by Crippen LogP contribution is -2.48. The summed E-state index contributed by atoms with van der Waals surface area (Å²) in [4.78, 5) is 32.5. The lowest BCUT2D eigenvalue weighted by molar-refractivity contribution is -0.146. The van der Waals surface area contributed by atoms with Gasteiger partial charge in [-0.1, -0.05) is 0 Å². The van der Waals surface area contributed by atoms with Crippen molar-refractivity contribution in [1.29, 1.82) is 0 Å². The summed E-state index contributed by atoms with van der Waals surface area (Å²) in [6.45, 7) is 5.16. The Morgan fingerprint density at radius 1 is 1.16 bits per heavy atom. The van der Waals surface area contributed by atoms with Crippen molar-refractivity contribution in [2.75, 3.05) is 40.3 Å². The van der Waals surface area contributed by atoms with Gasteiger partial charge in [0, 0.05) is 45.7 Å². The van der Waals surface area contributed by atoms with E-state index >= 15 is 0 Å². The summed E-state index contributed by atoms with van der Waals surface area (Å²) in [7, 11) is 3.19. The van der Waals surface area contributed by atoms with Crippen LogP contribution in [-0.2, 0) is 14.3 Å². The topological polar surface area (TPSA) is 74.2 Å². The average Bonchev–Trinajstić information content (AvgIpc) is 2.65. The van der Waals surface area contributed by atoms with Gasteiger partial charge in [0.15, 0.2) is 5.96 Å². The zero-order valence-electron chi connectivity index (χ0n) is 15.8. The van der Waals surface area contributed by atoms with Crippen LogP contribution >= 0.6 is 0 Å². The Morgan fingerprint density at radius 2 is 1.88 bits per heavy atom. The summed E-state index contributed by atoms with van der Waals surface area (Å²) in [5.74, 6) is 0.896. The maximum absolute atomic E-state index is 12.4. The largest absolute Gasteiger partial charge is 0.469 e. The maximum Gasteiger partial charge on any atom is 0.308 e. The third kappa shape index (κ3) is 5.34. The molecule has 1 unspecified atom stereocenters. The van der Waals surface area contributed by atoms with Gasteiger partial charge in [-0.15, -0.1) is 0 Å². The standard InChI is InChI=1S/C18H32N4O3/c1-14-6-4-5-11-22(14)16(23)7-10-20-18(19-2)21-12-8-15(9-13-21)17(24)25-3/h14-15H,4-13H2,1-3H3,(H,19,20). The molecule has 1 N–H and O–H groups in total. The summed E-state index contributed by atoms with van der Waals surface area (Å²) in [5, 5.41) is 3.29. The molecule has 7 nitrogen and oxygen atoms in total. The van der Waals surface area contributed by atoms with Gasteiger partial charge >= 0.3 is 5.97 Å². The highest BCUT2D eigenvalue weighted by Crippen LogP contribution is 2.19. The SMILES string of the molecule is CN=C(NCCC(=O)N1CCCCC1C)N1CCC(C(=O)OC)CC1. The minimum Gasteiger partial charge on any atom is -0.469 e. The third-order valence-electron chi connectivity index (χ3n) is 5.29. The fourth-order valence-corrected chi connectivity index (χ4v) is 3.72. The quantitative estimate of drug-likeness (QED) is 0.468. The molecule has 0 radical (unpaired) electrons. The lowest BCUT2D eigenvalue weighted by atomic mass is 9.97. The van der Waals surface area contributed by atoms with E-state index in [4.69, 9.17) is 4.74 Å². The fourth-order valence-electron chi connectivity index (χ4n) is 3.72. The summed E-state index contributed by atoms with van der Waals surface area (Å²) < 4.78 is 4.82. The zero-order valence-corrected chi connectivity index (χ0v) is 15.8. The molecule has 1 atom stereocenters. The number of piperidine rings is 2. The van der Waals surface area contributed by atoms with Crippen molar-refractivity contribution in [3.8, 4) is 0 Å². The first kappa shape index (κ1) is 19.5. The molecule has 0 aromatic carbocycles. The van der Waals surface area contributed by atoms with Gasteiger partial charge in [0.1, 0.15) is 0 Å². The molecule has 0 saturated carbocycles. The van der Waals surface area contributed by atoms with Crippen LogP contribution in [0.3, 0.4) is 0 Å². The molecule has 0 bridgehead atoms. The number of nitrogens with one attached hydrogen (secondary N) is 1. The summed E-state index contributed by atoms with van der Waals surface area (Å²) in [5.41, 5.74) is 0. The molecule has 2 heterocycles. The van der Waals surface area contributed by atoms with Crippen molar-refractivity contribution in [3.05, 3.63) is 0 Å². The molecule has 2 aliphatic heterocycles. The van der Waals surface area contributed by atoms with Crippen molar-refractivity contribution in [2.24, 2.45) is 10.9 Å². The fraction of sp³-hybridized carbons (Fsp3) is 0.833. The third-order valence-corrected chi connectivity index (χ3v) is 5.29. The minimum absolute atomic E-state index is 0.0125. The van der Waals surface area contributed by atoms with Crippen molar-refractivity contribution < 1.29 is 14.3 Å². The Labute approximate surface area is 150 Å². The predicted molar refractivity (Wildman–Crippen MR) is 97.3 cm³/mol. The summed E-state index contributed by atoms with van der Waals surface area (Å²) in [6.07, 6.45) is 5.48. The summed E-state index contributed by atoms with van der Waals surface area (Å²) >= 11 is 0. The van der Waals surface area contributed by atoms with E-state index < -0.39 is 0 Å². The second kappa shape index (κ2) is 9.63. The molecule has 0 aliphatic carbocycles. The van der Waals surface area contributed by atoms with Crippen LogP contribution in [0.25, 0.3) is 0 Å². The van der Waals surface area contributed by atoms with Crippen LogP contribution in [-0.4, -0.2) is 74.0 Å². The lowest BCUT2D eigenvalue weighted by Gasteiger charge is -2.34. The number of esters is 1. The van der Waals surface area contributed by atoms with Crippen molar-refractivity contribution in [3.63, 3.8) is 0 Å². The normalized spacial score (nSPS) is 22.7. The highest BCUT2D eigenvalue weighted by atomic mass is 16.5. The number of hydrogen-bond acceptors (Lipinski definition) is 4. The van der Waals surface area contributed by atoms with Crippen LogP contribution in [0.5, 0.6) is 0 Å². The van der Waals surface area contributed by atoms with Gasteiger partial charge < -0.3 is 19.9 Å². The Morgan fingerprint density at radius 3 is 2.48 bits per heavy atom. The minimum atomic E-state index is -0.121. The zero-order chi connectivity index (χ0) is 18.2. The molecule has 0 spiro atoms. The van der Waals surface area contributed by atoms with Gasteiger partial charge in [-0.05, 0) is 39.0 Å². The van der Waals surface area contributed by atoms with Crippen LogP contribution in [0.1, 0.15) is 45.4 Å². The van der Waals surface area contributed by atoms with Gasteiger partial charge in [0.05, 0.1) is 13.0 Å². The average molecular weight is 352 g/mol. The first-order valence-corrected chi connectivity index (χ1v) is 9.39. The molecule has 2 aliphatic rings. The number of nitrogens with zero attached hydrogens (tertiary/aromatic N) is 3. The number of guanidine groups is 1. The van der Waals surface area contributed by atoms with E-state index in [0.717, 1.165) is 51.3 Å². The Bertz CT molecular complexity index is 487. The van der Waals surface area contributed by atoms with Gasteiger partial charge in [-0.3, -0.25) is 14.6 Å². The Kier molecular flexibility index (Phi) is 7.52. The number of hydrogen-bond donors (Lipinski definition) is 1. The van der Waals surface area contributed by atoms with E-state index in [-0.39, 0.29) is 17.8 Å². The van der Waals surface area contributed by atoms with Crippen LogP contribution in [0, 0.1) is 5.92 Å². The van der Waals surface area contributed by atoms with Crippen LogP contribution in [0.15, 0.2) is 4.99 Å². The predicted octanol–water partition coefficient (Wildman–Crippen LogP) is 1.24. The second-order valence-electron chi connectivity index (χ2n) is 6.94. The Hall–Kier alpha value is -1.79. The smallest absolute Gasteiger partial charge is 0.308 e. The van der Waals surface area contributed by atoms with Crippen LogP contribution in [0.4, 0.5) is 0 Å². The molecule has 2 rings (SSSR count). The Balaban J connectivity index is 1.74. The van der Waals surface area contributed by atoms with Gasteiger partial charge in [0.2, 0.25) is 5.91 Å². The number of rotatable bonds is 4. The van der Waals surface area contributed by atoms with Crippen molar-refractivity contribution in [2.45, 2.75) is 51.5 Å². The first-order chi connectivity index (χ1) is 12.1. The number of likely N-dealkylation sites (tertiary alicyclic amines) is 2. The molecular formula is C18H32N4O3. The van der Waals surface area contributed by atoms with Gasteiger partial charge in [-0.2, -0.15) is 0 Å². The molecule has 0 aromatic heterocycles. The van der Waals surface area contributed by atoms with Crippen LogP contribution in [0.2, 0.25) is 0 Å². The molecule has 1 amide bonds. The number of amides is 1.